The van der Waals surface area contributed by atoms with Crippen LogP contribution in [0.1, 0.15) is 12.0 Å². The maximum atomic E-state index is 9.43. The van der Waals surface area contributed by atoms with Crippen molar-refractivity contribution in [1.29, 1.82) is 0 Å². The zero-order valence-corrected chi connectivity index (χ0v) is 9.82. The largest absolute Gasteiger partial charge is 0.508 e. The van der Waals surface area contributed by atoms with Gasteiger partial charge in [-0.1, -0.05) is 35.5 Å². The lowest BCUT2D eigenvalue weighted by atomic mass is 10.1. The lowest BCUT2D eigenvalue weighted by Gasteiger charge is -2.00. The maximum absolute atomic E-state index is 9.43. The number of rotatable bonds is 4. The fourth-order valence-electron chi connectivity index (χ4n) is 1.75. The highest BCUT2D eigenvalue weighted by atomic mass is 16.3. The molecule has 0 aliphatic rings. The normalized spacial score (nSPS) is 10.7. The van der Waals surface area contributed by atoms with E-state index in [2.05, 4.69) is 10.0 Å². The predicted molar refractivity (Wildman–Crippen MR) is 73.3 cm³/mol. The molecule has 0 aliphatic carbocycles. The van der Waals surface area contributed by atoms with Crippen molar-refractivity contribution >= 4 is 16.8 Å². The van der Waals surface area contributed by atoms with E-state index in [0.717, 1.165) is 22.8 Å². The highest BCUT2D eigenvalue weighted by Gasteiger charge is 1.95. The van der Waals surface area contributed by atoms with Crippen molar-refractivity contribution in [2.24, 2.45) is 5.11 Å². The van der Waals surface area contributed by atoms with E-state index in [0.29, 0.717) is 6.54 Å². The predicted octanol–water partition coefficient (Wildman–Crippen LogP) is 4.26. The highest BCUT2D eigenvalue weighted by molar-refractivity contribution is 5.85. The second-order valence-electron chi connectivity index (χ2n) is 3.94. The van der Waals surface area contributed by atoms with Gasteiger partial charge in [0, 0.05) is 11.5 Å². The van der Waals surface area contributed by atoms with Gasteiger partial charge in [-0.15, -0.1) is 0 Å². The van der Waals surface area contributed by atoms with Gasteiger partial charge in [0.1, 0.15) is 5.75 Å². The Morgan fingerprint density at radius 1 is 1.17 bits per heavy atom. The lowest BCUT2D eigenvalue weighted by molar-refractivity contribution is 0.476. The smallest absolute Gasteiger partial charge is 0.116 e. The number of fused-ring (bicyclic) bond motifs is 1. The fraction of sp³-hybridized carbons (Fsp3) is 0.143. The van der Waals surface area contributed by atoms with E-state index in [1.54, 1.807) is 12.1 Å². The van der Waals surface area contributed by atoms with Crippen LogP contribution < -0.4 is 0 Å². The van der Waals surface area contributed by atoms with Crippen molar-refractivity contribution in [3.63, 3.8) is 0 Å². The Bertz CT molecular complexity index is 628. The summed E-state index contributed by atoms with van der Waals surface area (Å²) in [6.45, 7) is 0.474. The van der Waals surface area contributed by atoms with Crippen molar-refractivity contribution < 1.29 is 5.11 Å². The quantitative estimate of drug-likeness (QED) is 0.368. The third-order valence-electron chi connectivity index (χ3n) is 2.62. The average Bonchev–Trinajstić information content (AvgIpc) is 2.38. The van der Waals surface area contributed by atoms with Crippen molar-refractivity contribution in [3.8, 4) is 5.75 Å². The van der Waals surface area contributed by atoms with Gasteiger partial charge < -0.3 is 5.11 Å². The lowest BCUT2D eigenvalue weighted by Crippen LogP contribution is -1.77. The minimum absolute atomic E-state index is 0.270. The molecular weight excluding hydrogens is 226 g/mol. The summed E-state index contributed by atoms with van der Waals surface area (Å²) in [7, 11) is 0. The fourth-order valence-corrected chi connectivity index (χ4v) is 1.75. The topological polar surface area (TPSA) is 69.0 Å². The number of phenols is 1. The Morgan fingerprint density at radius 2 is 2.00 bits per heavy atom. The molecule has 0 atom stereocenters. The molecule has 0 aromatic heterocycles. The molecule has 0 heterocycles. The molecule has 90 valence electrons. The molecule has 0 aliphatic heterocycles. The summed E-state index contributed by atoms with van der Waals surface area (Å²) in [6.07, 6.45) is 4.68. The standard InChI is InChI=1S/C14H13N3O/c15-17-16-8-2-1-3-11-4-5-12-6-7-14(18)10-13(12)9-11/h1,3-7,9-10,18H,2,8H2. The van der Waals surface area contributed by atoms with Crippen molar-refractivity contribution in [2.75, 3.05) is 6.54 Å². The molecule has 0 amide bonds. The first kappa shape index (κ1) is 12.0. The van der Waals surface area contributed by atoms with E-state index in [1.165, 1.54) is 0 Å². The van der Waals surface area contributed by atoms with Crippen LogP contribution in [0.5, 0.6) is 5.75 Å². The van der Waals surface area contributed by atoms with Gasteiger partial charge in [0.15, 0.2) is 0 Å². The number of aromatic hydroxyl groups is 1. The zero-order chi connectivity index (χ0) is 12.8. The molecule has 18 heavy (non-hydrogen) atoms. The molecule has 0 spiro atoms. The molecule has 4 heteroatoms. The van der Waals surface area contributed by atoms with Gasteiger partial charge in [0.2, 0.25) is 0 Å². The SMILES string of the molecule is [N-]=[N+]=NCCC=Cc1ccc2ccc(O)cc2c1. The van der Waals surface area contributed by atoms with Gasteiger partial charge in [-0.2, -0.15) is 0 Å². The van der Waals surface area contributed by atoms with Gasteiger partial charge in [0.25, 0.3) is 0 Å². The van der Waals surface area contributed by atoms with Crippen LogP contribution in [0, 0.1) is 0 Å². The average molecular weight is 239 g/mol. The summed E-state index contributed by atoms with van der Waals surface area (Å²) in [5.41, 5.74) is 9.20. The van der Waals surface area contributed by atoms with E-state index < -0.39 is 0 Å². The Hall–Kier alpha value is -2.45. The molecule has 2 rings (SSSR count). The molecule has 0 saturated heterocycles. The van der Waals surface area contributed by atoms with E-state index in [4.69, 9.17) is 5.53 Å². The summed E-state index contributed by atoms with van der Waals surface area (Å²) in [4.78, 5) is 2.69. The molecule has 2 aromatic carbocycles. The van der Waals surface area contributed by atoms with E-state index in [1.807, 2.05) is 36.4 Å². The van der Waals surface area contributed by atoms with Crippen molar-refractivity contribution in [3.05, 3.63) is 58.5 Å². The Balaban J connectivity index is 2.16. The van der Waals surface area contributed by atoms with Gasteiger partial charge in [0.05, 0.1) is 0 Å². The van der Waals surface area contributed by atoms with Gasteiger partial charge in [-0.3, -0.25) is 0 Å². The summed E-state index contributed by atoms with van der Waals surface area (Å²) in [6, 6.07) is 11.4. The van der Waals surface area contributed by atoms with Crippen LogP contribution in [-0.4, -0.2) is 11.7 Å². The first-order chi connectivity index (χ1) is 8.79. The molecule has 0 bridgehead atoms. The number of hydrogen-bond donors (Lipinski definition) is 1. The minimum Gasteiger partial charge on any atom is -0.508 e. The van der Waals surface area contributed by atoms with Crippen LogP contribution in [-0.2, 0) is 0 Å². The summed E-state index contributed by atoms with van der Waals surface area (Å²) >= 11 is 0. The Kier molecular flexibility index (Phi) is 3.84. The summed E-state index contributed by atoms with van der Waals surface area (Å²) < 4.78 is 0. The summed E-state index contributed by atoms with van der Waals surface area (Å²) in [5, 5.41) is 15.0. The minimum atomic E-state index is 0.270. The second-order valence-corrected chi connectivity index (χ2v) is 3.94. The first-order valence-electron chi connectivity index (χ1n) is 5.70. The van der Waals surface area contributed by atoms with Gasteiger partial charge in [-0.25, -0.2) is 0 Å². The Morgan fingerprint density at radius 3 is 2.83 bits per heavy atom. The molecule has 0 unspecified atom stereocenters. The van der Waals surface area contributed by atoms with E-state index >= 15 is 0 Å². The third-order valence-corrected chi connectivity index (χ3v) is 2.62. The third kappa shape index (κ3) is 3.03. The number of phenolic OH excluding ortho intramolecular Hbond substituents is 1. The maximum Gasteiger partial charge on any atom is 0.116 e. The van der Waals surface area contributed by atoms with Crippen LogP contribution in [0.4, 0.5) is 0 Å². The number of benzene rings is 2. The zero-order valence-electron chi connectivity index (χ0n) is 9.82. The number of hydrogen-bond acceptors (Lipinski definition) is 2. The van der Waals surface area contributed by atoms with Crippen LogP contribution in [0.3, 0.4) is 0 Å². The molecule has 2 aromatic rings. The van der Waals surface area contributed by atoms with Gasteiger partial charge in [-0.05, 0) is 46.5 Å². The molecular formula is C14H13N3O. The van der Waals surface area contributed by atoms with Crippen LogP contribution in [0.15, 0.2) is 47.6 Å². The van der Waals surface area contributed by atoms with E-state index in [9.17, 15) is 5.11 Å². The Labute approximate surface area is 105 Å². The molecule has 0 radical (unpaired) electrons. The molecule has 0 saturated carbocycles. The first-order valence-corrected chi connectivity index (χ1v) is 5.70. The summed E-state index contributed by atoms with van der Waals surface area (Å²) in [5.74, 6) is 0.270. The molecule has 1 N–H and O–H groups in total. The molecule has 0 fully saturated rings. The van der Waals surface area contributed by atoms with Crippen LogP contribution in [0.25, 0.3) is 27.3 Å². The van der Waals surface area contributed by atoms with E-state index in [-0.39, 0.29) is 5.75 Å². The van der Waals surface area contributed by atoms with Crippen LogP contribution in [0.2, 0.25) is 0 Å². The molecule has 4 nitrogen and oxygen atoms in total. The van der Waals surface area contributed by atoms with Crippen molar-refractivity contribution in [1.82, 2.24) is 0 Å². The number of azide groups is 1. The van der Waals surface area contributed by atoms with Gasteiger partial charge >= 0.3 is 0 Å². The second kappa shape index (κ2) is 5.75. The monoisotopic (exact) mass is 239 g/mol. The van der Waals surface area contributed by atoms with Crippen LogP contribution >= 0.6 is 0 Å². The van der Waals surface area contributed by atoms with Crippen molar-refractivity contribution in [2.45, 2.75) is 6.42 Å². The number of nitrogens with zero attached hydrogens (tertiary/aromatic N) is 3. The highest BCUT2D eigenvalue weighted by Crippen LogP contribution is 2.21.